The third kappa shape index (κ3) is 3.47. The third-order valence-electron chi connectivity index (χ3n) is 5.72. The summed E-state index contributed by atoms with van der Waals surface area (Å²) in [6.45, 7) is 6.20. The van der Waals surface area contributed by atoms with Crippen molar-refractivity contribution in [1.82, 2.24) is 4.90 Å². The van der Waals surface area contributed by atoms with E-state index < -0.39 is 5.97 Å². The minimum atomic E-state index is -0.655. The normalized spacial score (nSPS) is 26.0. The fourth-order valence-corrected chi connectivity index (χ4v) is 4.58. The monoisotopic (exact) mass is 347 g/mol. The molecule has 1 saturated heterocycles. The number of aliphatic carboxylic acids is 1. The number of nitrogens with zero attached hydrogens (tertiary/aromatic N) is 1. The molecular weight excluding hydrogens is 318 g/mol. The largest absolute Gasteiger partial charge is 0.493 e. The Kier molecular flexibility index (Phi) is 5.23. The molecule has 0 aromatic heterocycles. The fraction of sp³-hybridized carbons (Fsp3) is 0.650. The van der Waals surface area contributed by atoms with Gasteiger partial charge in [-0.05, 0) is 54.4 Å². The van der Waals surface area contributed by atoms with Crippen LogP contribution >= 0.6 is 0 Å². The lowest BCUT2D eigenvalue weighted by atomic mass is 9.74. The van der Waals surface area contributed by atoms with E-state index in [9.17, 15) is 9.90 Å². The van der Waals surface area contributed by atoms with Gasteiger partial charge in [-0.1, -0.05) is 13.8 Å². The van der Waals surface area contributed by atoms with Crippen molar-refractivity contribution >= 4 is 5.97 Å². The second-order valence-electron chi connectivity index (χ2n) is 7.74. The predicted molar refractivity (Wildman–Crippen MR) is 96.3 cm³/mol. The highest BCUT2D eigenvalue weighted by Crippen LogP contribution is 2.45. The van der Waals surface area contributed by atoms with Gasteiger partial charge in [-0.2, -0.15) is 0 Å². The van der Waals surface area contributed by atoms with Crippen molar-refractivity contribution in [3.63, 3.8) is 0 Å². The summed E-state index contributed by atoms with van der Waals surface area (Å²) in [6.07, 6.45) is 2.62. The number of fused-ring (bicyclic) bond motifs is 3. The van der Waals surface area contributed by atoms with Gasteiger partial charge in [-0.15, -0.1) is 0 Å². The first-order valence-electron chi connectivity index (χ1n) is 9.16. The number of carboxylic acid groups (broad SMARTS) is 1. The van der Waals surface area contributed by atoms with Crippen molar-refractivity contribution in [2.75, 3.05) is 27.3 Å². The fourth-order valence-electron chi connectivity index (χ4n) is 4.58. The van der Waals surface area contributed by atoms with Crippen LogP contribution in [0.4, 0.5) is 0 Å². The lowest BCUT2D eigenvalue weighted by molar-refractivity contribution is -0.147. The van der Waals surface area contributed by atoms with Crippen LogP contribution in [0.3, 0.4) is 0 Å². The number of rotatable bonds is 5. The zero-order valence-corrected chi connectivity index (χ0v) is 15.6. The van der Waals surface area contributed by atoms with E-state index in [0.29, 0.717) is 12.3 Å². The van der Waals surface area contributed by atoms with Crippen molar-refractivity contribution in [3.05, 3.63) is 23.3 Å². The third-order valence-corrected chi connectivity index (χ3v) is 5.72. The highest BCUT2D eigenvalue weighted by atomic mass is 16.5. The summed E-state index contributed by atoms with van der Waals surface area (Å²) >= 11 is 0. The number of benzene rings is 1. The van der Waals surface area contributed by atoms with Crippen molar-refractivity contribution in [3.8, 4) is 11.5 Å². The summed E-state index contributed by atoms with van der Waals surface area (Å²) in [4.78, 5) is 14.4. The smallest absolute Gasteiger partial charge is 0.306 e. The Bertz CT molecular complexity index is 643. The first-order chi connectivity index (χ1) is 11.9. The molecule has 25 heavy (non-hydrogen) atoms. The van der Waals surface area contributed by atoms with Gasteiger partial charge < -0.3 is 14.6 Å². The summed E-state index contributed by atoms with van der Waals surface area (Å²) in [5, 5.41) is 9.78. The average molecular weight is 347 g/mol. The average Bonchev–Trinajstić information content (AvgIpc) is 2.58. The Morgan fingerprint density at radius 1 is 1.28 bits per heavy atom. The van der Waals surface area contributed by atoms with Crippen molar-refractivity contribution < 1.29 is 19.4 Å². The number of carboxylic acids is 1. The maximum atomic E-state index is 11.9. The highest BCUT2D eigenvalue weighted by molar-refractivity contribution is 5.71. The van der Waals surface area contributed by atoms with Crippen LogP contribution in [0.5, 0.6) is 11.5 Å². The molecule has 2 aliphatic heterocycles. The van der Waals surface area contributed by atoms with E-state index in [2.05, 4.69) is 24.8 Å². The van der Waals surface area contributed by atoms with Crippen molar-refractivity contribution in [2.24, 2.45) is 17.8 Å². The van der Waals surface area contributed by atoms with Crippen LogP contribution in [0, 0.1) is 17.8 Å². The molecule has 0 aliphatic carbocycles. The Hall–Kier alpha value is -1.75. The van der Waals surface area contributed by atoms with E-state index in [1.165, 1.54) is 11.1 Å². The van der Waals surface area contributed by atoms with E-state index in [0.717, 1.165) is 37.4 Å². The van der Waals surface area contributed by atoms with Gasteiger partial charge in [0, 0.05) is 19.1 Å². The minimum absolute atomic E-state index is 0.160. The molecule has 3 rings (SSSR count). The van der Waals surface area contributed by atoms with E-state index >= 15 is 0 Å². The molecule has 2 heterocycles. The van der Waals surface area contributed by atoms with E-state index in [4.69, 9.17) is 9.47 Å². The maximum Gasteiger partial charge on any atom is 0.306 e. The number of hydrogen-bond acceptors (Lipinski definition) is 4. The van der Waals surface area contributed by atoms with Crippen LogP contribution in [0.2, 0.25) is 0 Å². The summed E-state index contributed by atoms with van der Waals surface area (Å²) < 4.78 is 10.9. The van der Waals surface area contributed by atoms with Gasteiger partial charge >= 0.3 is 5.97 Å². The zero-order chi connectivity index (χ0) is 18.1. The Balaban J connectivity index is 1.93. The highest BCUT2D eigenvalue weighted by Gasteiger charge is 2.42. The number of piperidine rings is 1. The molecule has 0 saturated carbocycles. The summed E-state index contributed by atoms with van der Waals surface area (Å²) in [7, 11) is 3.29. The molecule has 5 heteroatoms. The van der Waals surface area contributed by atoms with Crippen LogP contribution in [0.15, 0.2) is 12.1 Å². The van der Waals surface area contributed by atoms with Gasteiger partial charge in [0.25, 0.3) is 0 Å². The number of carbonyl (C=O) groups is 1. The molecule has 1 fully saturated rings. The molecule has 2 aliphatic rings. The number of hydrogen-bond donors (Lipinski definition) is 1. The lowest BCUT2D eigenvalue weighted by Gasteiger charge is -2.46. The first kappa shape index (κ1) is 18.1. The molecule has 0 radical (unpaired) electrons. The van der Waals surface area contributed by atoms with Gasteiger partial charge in [0.1, 0.15) is 0 Å². The Labute approximate surface area is 149 Å². The van der Waals surface area contributed by atoms with E-state index in [1.54, 1.807) is 14.2 Å². The van der Waals surface area contributed by atoms with Gasteiger partial charge in [-0.3, -0.25) is 9.69 Å². The molecule has 1 aromatic rings. The maximum absolute atomic E-state index is 11.9. The van der Waals surface area contributed by atoms with Crippen molar-refractivity contribution in [1.29, 1.82) is 0 Å². The van der Waals surface area contributed by atoms with Crippen LogP contribution in [0.1, 0.15) is 43.9 Å². The molecule has 1 aromatic carbocycles. The van der Waals surface area contributed by atoms with Gasteiger partial charge in [0.2, 0.25) is 0 Å². The second-order valence-corrected chi connectivity index (χ2v) is 7.74. The predicted octanol–water partition coefficient (Wildman–Crippen LogP) is 3.37. The molecule has 5 nitrogen and oxygen atoms in total. The van der Waals surface area contributed by atoms with Crippen molar-refractivity contribution in [2.45, 2.75) is 39.2 Å². The second kappa shape index (κ2) is 7.24. The minimum Gasteiger partial charge on any atom is -0.493 e. The quantitative estimate of drug-likeness (QED) is 0.885. The summed E-state index contributed by atoms with van der Waals surface area (Å²) in [5.74, 6) is 1.29. The van der Waals surface area contributed by atoms with Crippen LogP contribution < -0.4 is 9.47 Å². The topological polar surface area (TPSA) is 59.0 Å². The molecule has 0 bridgehead atoms. The Morgan fingerprint density at radius 3 is 2.56 bits per heavy atom. The first-order valence-corrected chi connectivity index (χ1v) is 9.16. The van der Waals surface area contributed by atoms with Gasteiger partial charge in [-0.25, -0.2) is 0 Å². The summed E-state index contributed by atoms with van der Waals surface area (Å²) in [5.41, 5.74) is 2.46. The van der Waals surface area contributed by atoms with Gasteiger partial charge in [0.05, 0.1) is 20.1 Å². The lowest BCUT2D eigenvalue weighted by Crippen LogP contribution is -2.48. The number of ether oxygens (including phenoxy) is 2. The molecule has 0 amide bonds. The molecule has 3 atom stereocenters. The zero-order valence-electron chi connectivity index (χ0n) is 15.6. The molecule has 1 N–H and O–H groups in total. The molecule has 0 unspecified atom stereocenters. The molecule has 138 valence electrons. The molecule has 0 spiro atoms. The standard InChI is InChI=1S/C20H29NO4/c1-12(2)7-14-11-21-6-5-13-8-18(24-3)19(25-4)10-15(13)17(21)9-16(14)20(22)23/h8,10,12,14,16-17H,5-7,9,11H2,1-4H3,(H,22,23)/t14-,16-,17-/m1/s1. The summed E-state index contributed by atoms with van der Waals surface area (Å²) in [6, 6.07) is 4.27. The van der Waals surface area contributed by atoms with E-state index in [-0.39, 0.29) is 17.9 Å². The van der Waals surface area contributed by atoms with Crippen LogP contribution in [0.25, 0.3) is 0 Å². The van der Waals surface area contributed by atoms with Crippen LogP contribution in [-0.2, 0) is 11.2 Å². The number of methoxy groups -OCH3 is 2. The van der Waals surface area contributed by atoms with E-state index in [1.807, 2.05) is 6.07 Å². The van der Waals surface area contributed by atoms with Gasteiger partial charge in [0.15, 0.2) is 11.5 Å². The molecular formula is C20H29NO4. The SMILES string of the molecule is COc1cc2c(cc1OC)[C@H]1C[C@@H](C(=O)O)[C@H](CC(C)C)CN1CC2. The van der Waals surface area contributed by atoms with Crippen LogP contribution in [-0.4, -0.2) is 43.3 Å². The Morgan fingerprint density at radius 2 is 1.96 bits per heavy atom.